The molecule has 154 valence electrons. The molecule has 0 aliphatic heterocycles. The van der Waals surface area contributed by atoms with Crippen molar-refractivity contribution in [1.29, 1.82) is 0 Å². The zero-order valence-corrected chi connectivity index (χ0v) is 18.1. The van der Waals surface area contributed by atoms with Crippen LogP contribution in [0.4, 0.5) is 0 Å². The Kier molecular flexibility index (Phi) is 5.68. The number of aromatic nitrogens is 2. The number of carbonyl (C=O) groups is 3. The van der Waals surface area contributed by atoms with Crippen LogP contribution < -0.4 is 5.32 Å². The first kappa shape index (κ1) is 21.2. The number of hydrogen-bond acceptors (Lipinski definition) is 4. The molecular formula is C22H26ClN3O3. The zero-order chi connectivity index (χ0) is 21.5. The highest BCUT2D eigenvalue weighted by atomic mass is 35.5. The van der Waals surface area contributed by atoms with Gasteiger partial charge in [0.25, 0.3) is 0 Å². The van der Waals surface area contributed by atoms with Crippen molar-refractivity contribution in [3.05, 3.63) is 46.2 Å². The second kappa shape index (κ2) is 7.75. The number of rotatable bonds is 4. The molecule has 1 fully saturated rings. The quantitative estimate of drug-likeness (QED) is 0.772. The normalized spacial score (nSPS) is 19.7. The lowest BCUT2D eigenvalue weighted by Gasteiger charge is -2.21. The first-order valence-electron chi connectivity index (χ1n) is 9.65. The Balaban J connectivity index is 1.86. The van der Waals surface area contributed by atoms with Gasteiger partial charge in [-0.2, -0.15) is 5.10 Å². The molecule has 0 radical (unpaired) electrons. The second-order valence-corrected chi connectivity index (χ2v) is 9.24. The Hall–Kier alpha value is -2.47. The minimum atomic E-state index is -0.808. The predicted octanol–water partition coefficient (Wildman–Crippen LogP) is 3.69. The molecule has 0 spiro atoms. The SMILES string of the molecule is Cc1cc(-n2cc(Cl)cn2)cc(C)c1C1C(=O)CC(CC(=O)NC(C)(C)C)C1=O. The van der Waals surface area contributed by atoms with Crippen LogP contribution in [0.2, 0.25) is 5.02 Å². The monoisotopic (exact) mass is 415 g/mol. The van der Waals surface area contributed by atoms with Gasteiger partial charge in [-0.15, -0.1) is 0 Å². The maximum absolute atomic E-state index is 13.0. The van der Waals surface area contributed by atoms with Crippen LogP contribution in [0.15, 0.2) is 24.5 Å². The van der Waals surface area contributed by atoms with Crippen LogP contribution in [0, 0.1) is 19.8 Å². The van der Waals surface area contributed by atoms with Crippen molar-refractivity contribution in [2.24, 2.45) is 5.92 Å². The molecule has 1 heterocycles. The summed E-state index contributed by atoms with van der Waals surface area (Å²) in [6.45, 7) is 9.43. The Labute approximate surface area is 175 Å². The van der Waals surface area contributed by atoms with Crippen molar-refractivity contribution in [3.8, 4) is 5.69 Å². The summed E-state index contributed by atoms with van der Waals surface area (Å²) in [5.41, 5.74) is 2.87. The molecule has 2 aromatic rings. The van der Waals surface area contributed by atoms with Gasteiger partial charge in [0.2, 0.25) is 5.91 Å². The number of ketones is 2. The number of Topliss-reactive ketones (excluding diaryl/α,β-unsaturated/α-hetero) is 2. The summed E-state index contributed by atoms with van der Waals surface area (Å²) in [5.74, 6) is -1.87. The number of hydrogen-bond donors (Lipinski definition) is 1. The Morgan fingerprint density at radius 3 is 2.38 bits per heavy atom. The van der Waals surface area contributed by atoms with E-state index in [-0.39, 0.29) is 35.9 Å². The van der Waals surface area contributed by atoms with Crippen molar-refractivity contribution in [2.45, 2.75) is 58.9 Å². The Morgan fingerprint density at radius 2 is 1.86 bits per heavy atom. The van der Waals surface area contributed by atoms with Crippen LogP contribution >= 0.6 is 11.6 Å². The van der Waals surface area contributed by atoms with Gasteiger partial charge in [-0.25, -0.2) is 4.68 Å². The highest BCUT2D eigenvalue weighted by molar-refractivity contribution is 6.30. The molecule has 1 aliphatic carbocycles. The van der Waals surface area contributed by atoms with E-state index < -0.39 is 11.8 Å². The van der Waals surface area contributed by atoms with E-state index in [4.69, 9.17) is 11.6 Å². The van der Waals surface area contributed by atoms with Gasteiger partial charge in [-0.3, -0.25) is 14.4 Å². The van der Waals surface area contributed by atoms with Gasteiger partial charge >= 0.3 is 0 Å². The molecule has 1 saturated carbocycles. The number of nitrogens with zero attached hydrogens (tertiary/aromatic N) is 2. The molecule has 0 saturated heterocycles. The van der Waals surface area contributed by atoms with Crippen molar-refractivity contribution < 1.29 is 14.4 Å². The third-order valence-corrected chi connectivity index (χ3v) is 5.28. The minimum absolute atomic E-state index is 0.0420. The first-order valence-corrected chi connectivity index (χ1v) is 10.0. The van der Waals surface area contributed by atoms with Gasteiger partial charge in [0, 0.05) is 30.5 Å². The lowest BCUT2D eigenvalue weighted by molar-refractivity contribution is -0.129. The Bertz CT molecular complexity index is 964. The lowest BCUT2D eigenvalue weighted by Crippen LogP contribution is -2.41. The van der Waals surface area contributed by atoms with E-state index in [1.54, 1.807) is 17.1 Å². The summed E-state index contributed by atoms with van der Waals surface area (Å²) in [6, 6.07) is 3.79. The average Bonchev–Trinajstić information content (AvgIpc) is 3.11. The van der Waals surface area contributed by atoms with Crippen molar-refractivity contribution >= 4 is 29.1 Å². The highest BCUT2D eigenvalue weighted by Gasteiger charge is 2.44. The van der Waals surface area contributed by atoms with Crippen LogP contribution in [0.25, 0.3) is 5.69 Å². The van der Waals surface area contributed by atoms with Gasteiger partial charge in [-0.1, -0.05) is 11.6 Å². The van der Waals surface area contributed by atoms with E-state index in [9.17, 15) is 14.4 Å². The number of halogens is 1. The van der Waals surface area contributed by atoms with E-state index in [1.807, 2.05) is 46.8 Å². The van der Waals surface area contributed by atoms with E-state index in [0.29, 0.717) is 5.02 Å². The minimum Gasteiger partial charge on any atom is -0.351 e. The van der Waals surface area contributed by atoms with Gasteiger partial charge in [0.15, 0.2) is 5.78 Å². The molecule has 1 N–H and O–H groups in total. The molecular weight excluding hydrogens is 390 g/mol. The summed E-state index contributed by atoms with van der Waals surface area (Å²) < 4.78 is 1.66. The van der Waals surface area contributed by atoms with Crippen LogP contribution in [-0.2, 0) is 14.4 Å². The molecule has 7 heteroatoms. The molecule has 6 nitrogen and oxygen atoms in total. The maximum atomic E-state index is 13.0. The molecule has 1 aromatic carbocycles. The maximum Gasteiger partial charge on any atom is 0.221 e. The molecule has 3 rings (SSSR count). The number of aryl methyl sites for hydroxylation is 2. The predicted molar refractivity (Wildman–Crippen MR) is 111 cm³/mol. The topological polar surface area (TPSA) is 81.1 Å². The van der Waals surface area contributed by atoms with Crippen LogP contribution in [0.5, 0.6) is 0 Å². The summed E-state index contributed by atoms with van der Waals surface area (Å²) >= 11 is 5.96. The van der Waals surface area contributed by atoms with Crippen LogP contribution in [0.3, 0.4) is 0 Å². The van der Waals surface area contributed by atoms with Crippen molar-refractivity contribution in [2.75, 3.05) is 0 Å². The standard InChI is InChI=1S/C22H26ClN3O3/c1-12-6-16(26-11-15(23)10-24-26)7-13(2)19(12)20-17(27)8-14(21(20)29)9-18(28)25-22(3,4)5/h6-7,10-11,14,20H,8-9H2,1-5H3,(H,25,28). The van der Waals surface area contributed by atoms with Gasteiger partial charge in [0.05, 0.1) is 16.9 Å². The first-order chi connectivity index (χ1) is 13.5. The third-order valence-electron chi connectivity index (χ3n) is 5.09. The highest BCUT2D eigenvalue weighted by Crippen LogP contribution is 2.38. The molecule has 1 aliphatic rings. The van der Waals surface area contributed by atoms with Gasteiger partial charge < -0.3 is 5.32 Å². The summed E-state index contributed by atoms with van der Waals surface area (Å²) in [7, 11) is 0. The molecule has 29 heavy (non-hydrogen) atoms. The average molecular weight is 416 g/mol. The van der Waals surface area contributed by atoms with E-state index >= 15 is 0 Å². The van der Waals surface area contributed by atoms with Crippen molar-refractivity contribution in [3.63, 3.8) is 0 Å². The van der Waals surface area contributed by atoms with Crippen LogP contribution in [-0.4, -0.2) is 32.8 Å². The smallest absolute Gasteiger partial charge is 0.221 e. The summed E-state index contributed by atoms with van der Waals surface area (Å²) in [5, 5.41) is 7.60. The van der Waals surface area contributed by atoms with E-state index in [2.05, 4.69) is 10.4 Å². The molecule has 0 bridgehead atoms. The fraction of sp³-hybridized carbons (Fsp3) is 0.455. The zero-order valence-electron chi connectivity index (χ0n) is 17.4. The molecule has 2 atom stereocenters. The van der Waals surface area contributed by atoms with E-state index in [0.717, 1.165) is 22.4 Å². The number of benzene rings is 1. The molecule has 1 aromatic heterocycles. The third kappa shape index (κ3) is 4.58. The van der Waals surface area contributed by atoms with Gasteiger partial charge in [0.1, 0.15) is 11.7 Å². The molecule has 1 amide bonds. The largest absolute Gasteiger partial charge is 0.351 e. The Morgan fingerprint density at radius 1 is 1.24 bits per heavy atom. The van der Waals surface area contributed by atoms with Crippen molar-refractivity contribution in [1.82, 2.24) is 15.1 Å². The number of amides is 1. The lowest BCUT2D eigenvalue weighted by atomic mass is 9.86. The summed E-state index contributed by atoms with van der Waals surface area (Å²) in [6.07, 6.45) is 3.40. The van der Waals surface area contributed by atoms with Gasteiger partial charge in [-0.05, 0) is 63.4 Å². The van der Waals surface area contributed by atoms with E-state index in [1.165, 1.54) is 0 Å². The fourth-order valence-electron chi connectivity index (χ4n) is 4.01. The van der Waals surface area contributed by atoms with Crippen LogP contribution in [0.1, 0.15) is 56.2 Å². The summed E-state index contributed by atoms with van der Waals surface area (Å²) in [4.78, 5) is 38.0. The number of nitrogens with one attached hydrogen (secondary N) is 1. The second-order valence-electron chi connectivity index (χ2n) is 8.80. The number of carbonyl (C=O) groups excluding carboxylic acids is 3. The molecule has 2 unspecified atom stereocenters. The fourth-order valence-corrected chi connectivity index (χ4v) is 4.14.